The first-order valence-corrected chi connectivity index (χ1v) is 9.98. The number of thiophene rings is 1. The zero-order valence-electron chi connectivity index (χ0n) is 13.9. The molecule has 0 spiro atoms. The van der Waals surface area contributed by atoms with Crippen LogP contribution in [0.4, 0.5) is 14.5 Å². The standard InChI is InChI=1S/C18H18F2N2O2S2/c19-18(20)26-14-7-2-1-6-13(14)21-16(23)12-5-3-9-22(11-12)17(24)15-8-4-10-25-15/h1-2,4,6-8,10,12,18H,3,5,9,11H2,(H,21,23). The molecule has 0 aliphatic carbocycles. The molecular weight excluding hydrogens is 378 g/mol. The highest BCUT2D eigenvalue weighted by molar-refractivity contribution is 7.99. The first-order chi connectivity index (χ1) is 12.5. The second kappa shape index (κ2) is 8.64. The Morgan fingerprint density at radius 1 is 1.23 bits per heavy atom. The van der Waals surface area contributed by atoms with Crippen molar-refractivity contribution in [1.29, 1.82) is 0 Å². The van der Waals surface area contributed by atoms with Gasteiger partial charge in [-0.05, 0) is 36.4 Å². The van der Waals surface area contributed by atoms with E-state index >= 15 is 0 Å². The second-order valence-corrected chi connectivity index (χ2v) is 7.91. The summed E-state index contributed by atoms with van der Waals surface area (Å²) in [6.07, 6.45) is 1.41. The number of hydrogen-bond acceptors (Lipinski definition) is 4. The molecule has 2 amide bonds. The number of benzene rings is 1. The van der Waals surface area contributed by atoms with Crippen LogP contribution in [-0.2, 0) is 4.79 Å². The summed E-state index contributed by atoms with van der Waals surface area (Å²) in [4.78, 5) is 27.8. The van der Waals surface area contributed by atoms with Crippen LogP contribution in [0.25, 0.3) is 0 Å². The monoisotopic (exact) mass is 396 g/mol. The molecule has 0 bridgehead atoms. The Labute approximate surface area is 158 Å². The van der Waals surface area contributed by atoms with Gasteiger partial charge < -0.3 is 10.2 Å². The maximum atomic E-state index is 12.7. The molecule has 1 aliphatic heterocycles. The van der Waals surface area contributed by atoms with Crippen molar-refractivity contribution in [1.82, 2.24) is 4.90 Å². The average molecular weight is 396 g/mol. The lowest BCUT2D eigenvalue weighted by Crippen LogP contribution is -2.43. The van der Waals surface area contributed by atoms with Crippen LogP contribution in [0.1, 0.15) is 22.5 Å². The third-order valence-electron chi connectivity index (χ3n) is 4.17. The molecule has 0 saturated carbocycles. The smallest absolute Gasteiger partial charge is 0.288 e. The lowest BCUT2D eigenvalue weighted by atomic mass is 9.97. The van der Waals surface area contributed by atoms with E-state index in [1.54, 1.807) is 35.2 Å². The minimum Gasteiger partial charge on any atom is -0.337 e. The number of likely N-dealkylation sites (tertiary alicyclic amines) is 1. The Kier molecular flexibility index (Phi) is 6.26. The number of hydrogen-bond donors (Lipinski definition) is 1. The summed E-state index contributed by atoms with van der Waals surface area (Å²) in [6, 6.07) is 10.1. The third-order valence-corrected chi connectivity index (χ3v) is 5.82. The van der Waals surface area contributed by atoms with Crippen molar-refractivity contribution < 1.29 is 18.4 Å². The lowest BCUT2D eigenvalue weighted by Gasteiger charge is -2.32. The summed E-state index contributed by atoms with van der Waals surface area (Å²) >= 11 is 1.79. The van der Waals surface area contributed by atoms with Crippen molar-refractivity contribution in [2.75, 3.05) is 18.4 Å². The number of carbonyl (C=O) groups excluding carboxylic acids is 2. The first kappa shape index (κ1) is 18.8. The molecule has 1 fully saturated rings. The maximum absolute atomic E-state index is 12.7. The zero-order chi connectivity index (χ0) is 18.5. The van der Waals surface area contributed by atoms with E-state index < -0.39 is 5.76 Å². The van der Waals surface area contributed by atoms with E-state index in [2.05, 4.69) is 5.32 Å². The van der Waals surface area contributed by atoms with Crippen LogP contribution in [0.2, 0.25) is 0 Å². The predicted octanol–water partition coefficient (Wildman–Crippen LogP) is 4.55. The number of nitrogens with one attached hydrogen (secondary N) is 1. The van der Waals surface area contributed by atoms with E-state index in [4.69, 9.17) is 0 Å². The molecule has 1 aromatic heterocycles. The molecule has 2 heterocycles. The number of piperidine rings is 1. The van der Waals surface area contributed by atoms with Crippen molar-refractivity contribution in [3.63, 3.8) is 0 Å². The van der Waals surface area contributed by atoms with Gasteiger partial charge in [-0.3, -0.25) is 9.59 Å². The fourth-order valence-electron chi connectivity index (χ4n) is 2.94. The number of nitrogens with zero attached hydrogens (tertiary/aromatic N) is 1. The molecule has 4 nitrogen and oxygen atoms in total. The Bertz CT molecular complexity index is 768. The van der Waals surface area contributed by atoms with Gasteiger partial charge in [-0.25, -0.2) is 0 Å². The summed E-state index contributed by atoms with van der Waals surface area (Å²) in [5.74, 6) is -3.21. The van der Waals surface area contributed by atoms with Gasteiger partial charge in [-0.1, -0.05) is 30.0 Å². The van der Waals surface area contributed by atoms with Crippen molar-refractivity contribution in [3.05, 3.63) is 46.7 Å². The van der Waals surface area contributed by atoms with E-state index in [1.165, 1.54) is 11.3 Å². The first-order valence-electron chi connectivity index (χ1n) is 8.22. The Morgan fingerprint density at radius 3 is 2.77 bits per heavy atom. The van der Waals surface area contributed by atoms with Gasteiger partial charge in [0.05, 0.1) is 16.5 Å². The van der Waals surface area contributed by atoms with Crippen LogP contribution in [0.5, 0.6) is 0 Å². The minimum absolute atomic E-state index is 0.0637. The molecule has 1 N–H and O–H groups in total. The molecule has 1 saturated heterocycles. The molecule has 3 rings (SSSR count). The maximum Gasteiger partial charge on any atom is 0.288 e. The summed E-state index contributed by atoms with van der Waals surface area (Å²) in [7, 11) is 0. The molecule has 2 aromatic rings. The Morgan fingerprint density at radius 2 is 2.04 bits per heavy atom. The van der Waals surface area contributed by atoms with Gasteiger partial charge in [0.15, 0.2) is 0 Å². The van der Waals surface area contributed by atoms with Crippen LogP contribution < -0.4 is 5.32 Å². The molecule has 1 aromatic carbocycles. The van der Waals surface area contributed by atoms with E-state index in [0.717, 1.165) is 6.42 Å². The van der Waals surface area contributed by atoms with Gasteiger partial charge in [-0.2, -0.15) is 8.78 Å². The molecule has 26 heavy (non-hydrogen) atoms. The van der Waals surface area contributed by atoms with Gasteiger partial charge >= 0.3 is 0 Å². The second-order valence-electron chi connectivity index (χ2n) is 5.93. The fourth-order valence-corrected chi connectivity index (χ4v) is 4.22. The highest BCUT2D eigenvalue weighted by Crippen LogP contribution is 2.32. The lowest BCUT2D eigenvalue weighted by molar-refractivity contribution is -0.121. The number of alkyl halides is 2. The topological polar surface area (TPSA) is 49.4 Å². The number of para-hydroxylation sites is 1. The largest absolute Gasteiger partial charge is 0.337 e. The summed E-state index contributed by atoms with van der Waals surface area (Å²) in [5, 5.41) is 4.60. The van der Waals surface area contributed by atoms with Gasteiger partial charge in [-0.15, -0.1) is 11.3 Å². The quantitative estimate of drug-likeness (QED) is 0.754. The highest BCUT2D eigenvalue weighted by atomic mass is 32.2. The van der Waals surface area contributed by atoms with E-state index in [9.17, 15) is 18.4 Å². The minimum atomic E-state index is -2.55. The number of carbonyl (C=O) groups is 2. The van der Waals surface area contributed by atoms with Crippen LogP contribution in [0.15, 0.2) is 46.7 Å². The molecule has 1 atom stereocenters. The summed E-state index contributed by atoms with van der Waals surface area (Å²) < 4.78 is 25.3. The molecule has 0 radical (unpaired) electrons. The van der Waals surface area contributed by atoms with E-state index in [0.29, 0.717) is 46.7 Å². The summed E-state index contributed by atoms with van der Waals surface area (Å²) in [6.45, 7) is 0.963. The van der Waals surface area contributed by atoms with E-state index in [-0.39, 0.29) is 17.7 Å². The van der Waals surface area contributed by atoms with Gasteiger partial charge in [0.2, 0.25) is 5.91 Å². The average Bonchev–Trinajstić information content (AvgIpc) is 3.17. The van der Waals surface area contributed by atoms with Crippen molar-refractivity contribution in [3.8, 4) is 0 Å². The van der Waals surface area contributed by atoms with Crippen LogP contribution in [0.3, 0.4) is 0 Å². The van der Waals surface area contributed by atoms with Crippen LogP contribution >= 0.6 is 23.1 Å². The summed E-state index contributed by atoms with van der Waals surface area (Å²) in [5.41, 5.74) is 0.379. The van der Waals surface area contributed by atoms with Crippen LogP contribution in [-0.4, -0.2) is 35.6 Å². The Balaban J connectivity index is 1.66. The third kappa shape index (κ3) is 4.62. The molecule has 138 valence electrons. The molecule has 1 aliphatic rings. The highest BCUT2D eigenvalue weighted by Gasteiger charge is 2.29. The van der Waals surface area contributed by atoms with Gasteiger partial charge in [0.1, 0.15) is 0 Å². The SMILES string of the molecule is O=C(Nc1ccccc1SC(F)F)C1CCCN(C(=O)c2cccs2)C1. The van der Waals surface area contributed by atoms with Crippen molar-refractivity contribution in [2.24, 2.45) is 5.92 Å². The number of anilines is 1. The van der Waals surface area contributed by atoms with Crippen LogP contribution in [0, 0.1) is 5.92 Å². The molecular formula is C18H18F2N2O2S2. The van der Waals surface area contributed by atoms with Crippen molar-refractivity contribution in [2.45, 2.75) is 23.5 Å². The number of rotatable bonds is 5. The van der Waals surface area contributed by atoms with E-state index in [1.807, 2.05) is 11.4 Å². The zero-order valence-corrected chi connectivity index (χ0v) is 15.5. The molecule has 8 heteroatoms. The number of halogens is 2. The molecule has 1 unspecified atom stereocenters. The predicted molar refractivity (Wildman–Crippen MR) is 99.9 cm³/mol. The van der Waals surface area contributed by atoms with Gasteiger partial charge in [0.25, 0.3) is 11.7 Å². The van der Waals surface area contributed by atoms with Gasteiger partial charge in [0, 0.05) is 18.0 Å². The number of thioether (sulfide) groups is 1. The normalized spacial score (nSPS) is 17.3. The Hall–Kier alpha value is -1.93. The fraction of sp³-hybridized carbons (Fsp3) is 0.333. The number of amides is 2. The van der Waals surface area contributed by atoms with Crippen molar-refractivity contribution >= 4 is 40.6 Å².